The minimum Gasteiger partial charge on any atom is -0.316 e. The van der Waals surface area contributed by atoms with E-state index in [1.165, 1.54) is 25.1 Å². The van der Waals surface area contributed by atoms with E-state index in [9.17, 15) is 0 Å². The Morgan fingerprint density at radius 1 is 1.62 bits per heavy atom. The molecule has 72 valence electrons. The normalized spacial score (nSPS) is 16.4. The van der Waals surface area contributed by atoms with Crippen LogP contribution in [0.1, 0.15) is 18.5 Å². The van der Waals surface area contributed by atoms with E-state index in [1.54, 1.807) is 0 Å². The van der Waals surface area contributed by atoms with Crippen molar-refractivity contribution in [1.82, 2.24) is 15.1 Å². The second-order valence-corrected chi connectivity index (χ2v) is 3.84. The van der Waals surface area contributed by atoms with Crippen molar-refractivity contribution in [1.29, 1.82) is 0 Å². The summed E-state index contributed by atoms with van der Waals surface area (Å²) in [6.07, 6.45) is 5.80. The van der Waals surface area contributed by atoms with Gasteiger partial charge in [0.1, 0.15) is 0 Å². The van der Waals surface area contributed by atoms with Crippen LogP contribution in [0.15, 0.2) is 12.3 Å². The maximum Gasteiger partial charge on any atom is 0.0492 e. The van der Waals surface area contributed by atoms with Crippen molar-refractivity contribution in [2.75, 3.05) is 13.1 Å². The summed E-state index contributed by atoms with van der Waals surface area (Å²) in [5.74, 6) is 0.978. The van der Waals surface area contributed by atoms with Gasteiger partial charge in [-0.15, -0.1) is 0 Å². The molecule has 13 heavy (non-hydrogen) atoms. The molecular formula is C10H17N3. The third kappa shape index (κ3) is 2.56. The van der Waals surface area contributed by atoms with E-state index in [4.69, 9.17) is 0 Å². The minimum absolute atomic E-state index is 0.978. The fraction of sp³-hybridized carbons (Fsp3) is 0.700. The highest BCUT2D eigenvalue weighted by Gasteiger charge is 2.19. The van der Waals surface area contributed by atoms with Crippen molar-refractivity contribution in [3.63, 3.8) is 0 Å². The lowest BCUT2D eigenvalue weighted by atomic mass is 10.3. The van der Waals surface area contributed by atoms with E-state index in [1.807, 2.05) is 17.9 Å². The first kappa shape index (κ1) is 8.75. The molecule has 0 spiro atoms. The highest BCUT2D eigenvalue weighted by atomic mass is 15.3. The van der Waals surface area contributed by atoms with Crippen LogP contribution in [0.2, 0.25) is 0 Å². The van der Waals surface area contributed by atoms with E-state index in [0.717, 1.165) is 18.9 Å². The molecule has 1 fully saturated rings. The molecule has 0 amide bonds. The second kappa shape index (κ2) is 3.92. The topological polar surface area (TPSA) is 29.9 Å². The van der Waals surface area contributed by atoms with Gasteiger partial charge in [-0.2, -0.15) is 5.10 Å². The predicted molar refractivity (Wildman–Crippen MR) is 52.5 cm³/mol. The Hall–Kier alpha value is -0.830. The first-order valence-corrected chi connectivity index (χ1v) is 5.04. The number of aryl methyl sites for hydroxylation is 1. The van der Waals surface area contributed by atoms with Gasteiger partial charge in [0.25, 0.3) is 0 Å². The van der Waals surface area contributed by atoms with Gasteiger partial charge in [-0.1, -0.05) is 0 Å². The standard InChI is InChI=1S/C10H17N3/c1-13-10(5-7-12-13)4-6-11-8-9-2-3-9/h5,7,9,11H,2-4,6,8H2,1H3. The van der Waals surface area contributed by atoms with Crippen LogP contribution in [-0.2, 0) is 13.5 Å². The van der Waals surface area contributed by atoms with Crippen LogP contribution in [0.5, 0.6) is 0 Å². The van der Waals surface area contributed by atoms with E-state index < -0.39 is 0 Å². The van der Waals surface area contributed by atoms with Gasteiger partial charge < -0.3 is 5.32 Å². The summed E-state index contributed by atoms with van der Waals surface area (Å²) in [4.78, 5) is 0. The number of rotatable bonds is 5. The molecular weight excluding hydrogens is 162 g/mol. The molecule has 1 aliphatic carbocycles. The Balaban J connectivity index is 1.64. The zero-order valence-electron chi connectivity index (χ0n) is 8.16. The average molecular weight is 179 g/mol. The van der Waals surface area contributed by atoms with Crippen LogP contribution < -0.4 is 5.32 Å². The van der Waals surface area contributed by atoms with Crippen LogP contribution in [0.4, 0.5) is 0 Å². The fourth-order valence-electron chi connectivity index (χ4n) is 1.49. The van der Waals surface area contributed by atoms with Gasteiger partial charge in [0.2, 0.25) is 0 Å². The van der Waals surface area contributed by atoms with Gasteiger partial charge >= 0.3 is 0 Å². The lowest BCUT2D eigenvalue weighted by Gasteiger charge is -2.03. The zero-order valence-corrected chi connectivity index (χ0v) is 8.16. The Kier molecular flexibility index (Phi) is 2.64. The van der Waals surface area contributed by atoms with Crippen molar-refractivity contribution in [2.24, 2.45) is 13.0 Å². The molecule has 0 saturated heterocycles. The van der Waals surface area contributed by atoms with Gasteiger partial charge in [-0.3, -0.25) is 4.68 Å². The molecule has 0 atom stereocenters. The van der Waals surface area contributed by atoms with Crippen LogP contribution in [0.3, 0.4) is 0 Å². The monoisotopic (exact) mass is 179 g/mol. The molecule has 0 unspecified atom stereocenters. The molecule has 1 heterocycles. The molecule has 0 radical (unpaired) electrons. The van der Waals surface area contributed by atoms with Crippen molar-refractivity contribution in [3.8, 4) is 0 Å². The van der Waals surface area contributed by atoms with Gasteiger partial charge in [-0.05, 0) is 31.4 Å². The Morgan fingerprint density at radius 2 is 2.46 bits per heavy atom. The van der Waals surface area contributed by atoms with Crippen LogP contribution >= 0.6 is 0 Å². The molecule has 1 aromatic heterocycles. The summed E-state index contributed by atoms with van der Waals surface area (Å²) >= 11 is 0. The highest BCUT2D eigenvalue weighted by molar-refractivity contribution is 5.00. The average Bonchev–Trinajstić information content (AvgIpc) is 2.86. The highest BCUT2D eigenvalue weighted by Crippen LogP contribution is 2.27. The first-order chi connectivity index (χ1) is 6.36. The summed E-state index contributed by atoms with van der Waals surface area (Å²) in [5, 5.41) is 7.60. The van der Waals surface area contributed by atoms with Crippen molar-refractivity contribution in [2.45, 2.75) is 19.3 Å². The van der Waals surface area contributed by atoms with Crippen molar-refractivity contribution >= 4 is 0 Å². The summed E-state index contributed by atoms with van der Waals surface area (Å²) in [7, 11) is 2.00. The number of hydrogen-bond acceptors (Lipinski definition) is 2. The Bertz CT molecular complexity index is 263. The third-order valence-electron chi connectivity index (χ3n) is 2.61. The van der Waals surface area contributed by atoms with Gasteiger partial charge in [0, 0.05) is 31.9 Å². The summed E-state index contributed by atoms with van der Waals surface area (Å²) in [5.41, 5.74) is 1.31. The van der Waals surface area contributed by atoms with Crippen LogP contribution in [0, 0.1) is 5.92 Å². The lowest BCUT2D eigenvalue weighted by Crippen LogP contribution is -2.20. The second-order valence-electron chi connectivity index (χ2n) is 3.84. The molecule has 0 aromatic carbocycles. The molecule has 3 nitrogen and oxygen atoms in total. The van der Waals surface area contributed by atoms with E-state index in [2.05, 4.69) is 16.5 Å². The fourth-order valence-corrected chi connectivity index (χ4v) is 1.49. The summed E-state index contributed by atoms with van der Waals surface area (Å²) in [6.45, 7) is 2.29. The third-order valence-corrected chi connectivity index (χ3v) is 2.61. The molecule has 2 rings (SSSR count). The molecule has 0 aliphatic heterocycles. The van der Waals surface area contributed by atoms with Crippen LogP contribution in [-0.4, -0.2) is 22.9 Å². The molecule has 1 N–H and O–H groups in total. The largest absolute Gasteiger partial charge is 0.316 e. The summed E-state index contributed by atoms with van der Waals surface area (Å²) in [6, 6.07) is 2.08. The molecule has 0 bridgehead atoms. The maximum absolute atomic E-state index is 4.13. The van der Waals surface area contributed by atoms with Gasteiger partial charge in [0.05, 0.1) is 0 Å². The smallest absolute Gasteiger partial charge is 0.0492 e. The zero-order chi connectivity index (χ0) is 9.10. The minimum atomic E-state index is 0.978. The molecule has 1 aliphatic rings. The quantitative estimate of drug-likeness (QED) is 0.682. The van der Waals surface area contributed by atoms with E-state index in [-0.39, 0.29) is 0 Å². The van der Waals surface area contributed by atoms with Crippen molar-refractivity contribution < 1.29 is 0 Å². The number of aromatic nitrogens is 2. The molecule has 1 saturated carbocycles. The van der Waals surface area contributed by atoms with Gasteiger partial charge in [0.15, 0.2) is 0 Å². The maximum atomic E-state index is 4.13. The lowest BCUT2D eigenvalue weighted by molar-refractivity contribution is 0.614. The van der Waals surface area contributed by atoms with Crippen molar-refractivity contribution in [3.05, 3.63) is 18.0 Å². The molecule has 3 heteroatoms. The SMILES string of the molecule is Cn1nccc1CCNCC1CC1. The van der Waals surface area contributed by atoms with Crippen LogP contribution in [0.25, 0.3) is 0 Å². The number of nitrogens with zero attached hydrogens (tertiary/aromatic N) is 2. The summed E-state index contributed by atoms with van der Waals surface area (Å²) < 4.78 is 1.94. The Morgan fingerprint density at radius 3 is 3.08 bits per heavy atom. The number of hydrogen-bond donors (Lipinski definition) is 1. The van der Waals surface area contributed by atoms with E-state index >= 15 is 0 Å². The first-order valence-electron chi connectivity index (χ1n) is 5.04. The molecule has 1 aromatic rings. The Labute approximate surface area is 79.1 Å². The van der Waals surface area contributed by atoms with E-state index in [0.29, 0.717) is 0 Å². The number of nitrogens with one attached hydrogen (secondary N) is 1. The predicted octanol–water partition coefficient (Wildman–Crippen LogP) is 0.962. The van der Waals surface area contributed by atoms with Gasteiger partial charge in [-0.25, -0.2) is 0 Å².